The van der Waals surface area contributed by atoms with Crippen LogP contribution in [-0.2, 0) is 6.54 Å². The van der Waals surface area contributed by atoms with Gasteiger partial charge in [-0.05, 0) is 20.4 Å². The highest BCUT2D eigenvalue weighted by Crippen LogP contribution is 2.00. The van der Waals surface area contributed by atoms with Crippen molar-refractivity contribution < 1.29 is 4.52 Å². The van der Waals surface area contributed by atoms with Gasteiger partial charge in [-0.15, -0.1) is 0 Å². The van der Waals surface area contributed by atoms with Crippen molar-refractivity contribution in [2.75, 3.05) is 13.1 Å². The van der Waals surface area contributed by atoms with E-state index in [2.05, 4.69) is 29.6 Å². The molecule has 4 heteroatoms. The van der Waals surface area contributed by atoms with Crippen LogP contribution in [0.25, 0.3) is 0 Å². The number of nitrogens with zero attached hydrogens (tertiary/aromatic N) is 1. The minimum absolute atomic E-state index is 0.451. The van der Waals surface area contributed by atoms with Crippen LogP contribution in [0.1, 0.15) is 25.3 Å². The quantitative estimate of drug-likeness (QED) is 0.716. The third-order valence-electron chi connectivity index (χ3n) is 2.01. The van der Waals surface area contributed by atoms with Crippen molar-refractivity contribution in [2.45, 2.75) is 33.4 Å². The summed E-state index contributed by atoms with van der Waals surface area (Å²) in [7, 11) is 0. The molecule has 0 saturated carbocycles. The Hall–Kier alpha value is -0.870. The van der Waals surface area contributed by atoms with Gasteiger partial charge < -0.3 is 15.2 Å². The molecule has 0 aliphatic rings. The second-order valence-electron chi connectivity index (χ2n) is 3.52. The lowest BCUT2D eigenvalue weighted by Gasteiger charge is -2.12. The number of rotatable bonds is 6. The zero-order valence-corrected chi connectivity index (χ0v) is 9.13. The van der Waals surface area contributed by atoms with E-state index in [0.29, 0.717) is 6.04 Å². The highest BCUT2D eigenvalue weighted by atomic mass is 16.5. The minimum atomic E-state index is 0.451. The molecule has 0 radical (unpaired) electrons. The molecule has 0 fully saturated rings. The van der Waals surface area contributed by atoms with Crippen molar-refractivity contribution in [3.05, 3.63) is 17.5 Å². The van der Waals surface area contributed by atoms with Crippen LogP contribution in [0.5, 0.6) is 0 Å². The van der Waals surface area contributed by atoms with E-state index in [1.54, 1.807) is 0 Å². The zero-order valence-electron chi connectivity index (χ0n) is 9.13. The average Bonchev–Trinajstić information content (AvgIpc) is 2.58. The molecule has 0 aromatic carbocycles. The van der Waals surface area contributed by atoms with Crippen LogP contribution in [0.2, 0.25) is 0 Å². The Balaban J connectivity index is 2.20. The SMILES string of the molecule is CCNCC(C)NCc1cc(C)on1. The van der Waals surface area contributed by atoms with Gasteiger partial charge in [0, 0.05) is 25.2 Å². The van der Waals surface area contributed by atoms with Gasteiger partial charge in [0.25, 0.3) is 0 Å². The first-order valence-corrected chi connectivity index (χ1v) is 5.08. The molecule has 14 heavy (non-hydrogen) atoms. The molecule has 2 N–H and O–H groups in total. The zero-order chi connectivity index (χ0) is 10.4. The molecule has 4 nitrogen and oxygen atoms in total. The molecule has 1 aromatic rings. The summed E-state index contributed by atoms with van der Waals surface area (Å²) in [6, 6.07) is 2.40. The number of likely N-dealkylation sites (N-methyl/N-ethyl adjacent to an activating group) is 1. The van der Waals surface area contributed by atoms with E-state index < -0.39 is 0 Å². The summed E-state index contributed by atoms with van der Waals surface area (Å²) in [6.45, 7) is 8.91. The number of nitrogens with one attached hydrogen (secondary N) is 2. The molecule has 0 spiro atoms. The highest BCUT2D eigenvalue weighted by molar-refractivity contribution is 5.03. The Bertz CT molecular complexity index is 260. The van der Waals surface area contributed by atoms with Crippen molar-refractivity contribution in [2.24, 2.45) is 0 Å². The van der Waals surface area contributed by atoms with Gasteiger partial charge in [-0.25, -0.2) is 0 Å². The maximum Gasteiger partial charge on any atom is 0.133 e. The smallest absolute Gasteiger partial charge is 0.133 e. The summed E-state index contributed by atoms with van der Waals surface area (Å²) >= 11 is 0. The Morgan fingerprint density at radius 3 is 2.93 bits per heavy atom. The summed E-state index contributed by atoms with van der Waals surface area (Å²) in [4.78, 5) is 0. The molecule has 0 aliphatic heterocycles. The van der Waals surface area contributed by atoms with Gasteiger partial charge in [-0.2, -0.15) is 0 Å². The standard InChI is InChI=1S/C10H19N3O/c1-4-11-6-8(2)12-7-10-5-9(3)14-13-10/h5,8,11-12H,4,6-7H2,1-3H3. The van der Waals surface area contributed by atoms with Crippen LogP contribution in [0.15, 0.2) is 10.6 Å². The molecule has 0 amide bonds. The fourth-order valence-electron chi connectivity index (χ4n) is 1.21. The lowest BCUT2D eigenvalue weighted by atomic mass is 10.3. The number of aromatic nitrogens is 1. The lowest BCUT2D eigenvalue weighted by molar-refractivity contribution is 0.385. The van der Waals surface area contributed by atoms with E-state index >= 15 is 0 Å². The monoisotopic (exact) mass is 197 g/mol. The summed E-state index contributed by atoms with van der Waals surface area (Å²) < 4.78 is 4.97. The van der Waals surface area contributed by atoms with Crippen molar-refractivity contribution in [1.82, 2.24) is 15.8 Å². The number of hydrogen-bond donors (Lipinski definition) is 2. The van der Waals surface area contributed by atoms with Crippen LogP contribution >= 0.6 is 0 Å². The lowest BCUT2D eigenvalue weighted by Crippen LogP contribution is -2.35. The predicted molar refractivity (Wildman–Crippen MR) is 56.1 cm³/mol. The molecular weight excluding hydrogens is 178 g/mol. The van der Waals surface area contributed by atoms with Gasteiger partial charge in [0.15, 0.2) is 0 Å². The first kappa shape index (κ1) is 11.2. The van der Waals surface area contributed by atoms with Crippen LogP contribution in [0.4, 0.5) is 0 Å². The van der Waals surface area contributed by atoms with E-state index in [-0.39, 0.29) is 0 Å². The Labute approximate surface area is 85.1 Å². The van der Waals surface area contributed by atoms with E-state index in [1.807, 2.05) is 13.0 Å². The van der Waals surface area contributed by atoms with Crippen LogP contribution in [-0.4, -0.2) is 24.3 Å². The minimum Gasteiger partial charge on any atom is -0.361 e. The summed E-state index contributed by atoms with van der Waals surface area (Å²) in [5.74, 6) is 0.862. The molecule has 1 unspecified atom stereocenters. The largest absolute Gasteiger partial charge is 0.361 e. The van der Waals surface area contributed by atoms with Crippen molar-refractivity contribution in [3.8, 4) is 0 Å². The Morgan fingerprint density at radius 1 is 1.57 bits per heavy atom. The van der Waals surface area contributed by atoms with Crippen LogP contribution in [0.3, 0.4) is 0 Å². The fraction of sp³-hybridized carbons (Fsp3) is 0.700. The second kappa shape index (κ2) is 5.78. The van der Waals surface area contributed by atoms with E-state index in [4.69, 9.17) is 4.52 Å². The van der Waals surface area contributed by atoms with E-state index in [0.717, 1.165) is 31.1 Å². The maximum atomic E-state index is 4.97. The summed E-state index contributed by atoms with van der Waals surface area (Å²) in [5, 5.41) is 10.6. The molecule has 1 rings (SSSR count). The Morgan fingerprint density at radius 2 is 2.36 bits per heavy atom. The first-order valence-electron chi connectivity index (χ1n) is 5.08. The predicted octanol–water partition coefficient (Wildman–Crippen LogP) is 1.07. The average molecular weight is 197 g/mol. The van der Waals surface area contributed by atoms with Gasteiger partial charge in [-0.1, -0.05) is 12.1 Å². The van der Waals surface area contributed by atoms with Gasteiger partial charge in [-0.3, -0.25) is 0 Å². The molecule has 0 bridgehead atoms. The molecule has 0 saturated heterocycles. The molecule has 1 heterocycles. The van der Waals surface area contributed by atoms with Gasteiger partial charge in [0.05, 0.1) is 5.69 Å². The second-order valence-corrected chi connectivity index (χ2v) is 3.52. The normalized spacial score (nSPS) is 13.1. The molecule has 80 valence electrons. The first-order chi connectivity index (χ1) is 6.72. The third-order valence-corrected chi connectivity index (χ3v) is 2.01. The number of hydrogen-bond acceptors (Lipinski definition) is 4. The van der Waals surface area contributed by atoms with Gasteiger partial charge in [0.1, 0.15) is 5.76 Å². The van der Waals surface area contributed by atoms with Gasteiger partial charge in [0.2, 0.25) is 0 Å². The van der Waals surface area contributed by atoms with Crippen molar-refractivity contribution in [1.29, 1.82) is 0 Å². The summed E-state index contributed by atoms with van der Waals surface area (Å²) in [6.07, 6.45) is 0. The van der Waals surface area contributed by atoms with Crippen molar-refractivity contribution in [3.63, 3.8) is 0 Å². The molecule has 1 aromatic heterocycles. The molecular formula is C10H19N3O. The van der Waals surface area contributed by atoms with E-state index in [9.17, 15) is 0 Å². The molecule has 1 atom stereocenters. The fourth-order valence-corrected chi connectivity index (χ4v) is 1.21. The van der Waals surface area contributed by atoms with Gasteiger partial charge >= 0.3 is 0 Å². The highest BCUT2D eigenvalue weighted by Gasteiger charge is 2.03. The van der Waals surface area contributed by atoms with Crippen LogP contribution in [0, 0.1) is 6.92 Å². The third kappa shape index (κ3) is 3.89. The Kier molecular flexibility index (Phi) is 4.62. The van der Waals surface area contributed by atoms with Crippen molar-refractivity contribution >= 4 is 0 Å². The molecule has 0 aliphatic carbocycles. The maximum absolute atomic E-state index is 4.97. The van der Waals surface area contributed by atoms with Crippen LogP contribution < -0.4 is 10.6 Å². The summed E-state index contributed by atoms with van der Waals surface area (Å²) in [5.41, 5.74) is 0.964. The van der Waals surface area contributed by atoms with E-state index in [1.165, 1.54) is 0 Å². The topological polar surface area (TPSA) is 50.1 Å². The number of aryl methyl sites for hydroxylation is 1.